The quantitative estimate of drug-likeness (QED) is 0.577. The van der Waals surface area contributed by atoms with E-state index >= 15 is 0 Å². The van der Waals surface area contributed by atoms with Crippen LogP contribution >= 0.6 is 0 Å². The highest BCUT2D eigenvalue weighted by molar-refractivity contribution is 4.94. The molecule has 0 aromatic carbocycles. The summed E-state index contributed by atoms with van der Waals surface area (Å²) in [6, 6.07) is 0. The van der Waals surface area contributed by atoms with Crippen molar-refractivity contribution in [2.45, 2.75) is 39.0 Å². The Hall–Kier alpha value is -0.660. The zero-order valence-electron chi connectivity index (χ0n) is 7.69. The van der Waals surface area contributed by atoms with Crippen molar-refractivity contribution in [3.63, 3.8) is 0 Å². The van der Waals surface area contributed by atoms with Crippen molar-refractivity contribution in [3.8, 4) is 0 Å². The second-order valence-corrected chi connectivity index (χ2v) is 2.75. The summed E-state index contributed by atoms with van der Waals surface area (Å²) in [6.07, 6.45) is 7.94. The van der Waals surface area contributed by atoms with E-state index in [9.17, 15) is 0 Å². The Balaban J connectivity index is 3.22. The molecule has 3 N–H and O–H groups in total. The van der Waals surface area contributed by atoms with Crippen LogP contribution in [0.25, 0.3) is 0 Å². The van der Waals surface area contributed by atoms with Gasteiger partial charge in [0.2, 0.25) is 0 Å². The molecule has 0 aliphatic rings. The maximum atomic E-state index is 5.37. The van der Waals surface area contributed by atoms with E-state index in [0.717, 1.165) is 12.1 Å². The Labute approximate surface area is 69.9 Å². The Morgan fingerprint density at radius 3 is 2.55 bits per heavy atom. The predicted molar refractivity (Wildman–Crippen MR) is 50.1 cm³/mol. The minimum Gasteiger partial charge on any atom is -0.403 e. The lowest BCUT2D eigenvalue weighted by molar-refractivity contribution is 0.649. The first-order valence-electron chi connectivity index (χ1n) is 4.43. The summed E-state index contributed by atoms with van der Waals surface area (Å²) in [5.41, 5.74) is 6.53. The van der Waals surface area contributed by atoms with Crippen LogP contribution in [0.4, 0.5) is 0 Å². The molecule has 0 atom stereocenters. The van der Waals surface area contributed by atoms with Gasteiger partial charge in [-0.15, -0.1) is 0 Å². The fourth-order valence-electron chi connectivity index (χ4n) is 1.03. The topological polar surface area (TPSA) is 38.0 Å². The number of allylic oxidation sites excluding steroid dienone is 1. The van der Waals surface area contributed by atoms with E-state index in [1.807, 2.05) is 7.05 Å². The highest BCUT2D eigenvalue weighted by Gasteiger charge is 1.92. The summed E-state index contributed by atoms with van der Waals surface area (Å²) in [6.45, 7) is 2.22. The molecule has 0 spiro atoms. The number of unbranched alkanes of at least 4 members (excludes halogenated alkanes) is 3. The third kappa shape index (κ3) is 5.77. The number of hydrogen-bond acceptors (Lipinski definition) is 2. The van der Waals surface area contributed by atoms with Gasteiger partial charge in [-0.2, -0.15) is 0 Å². The van der Waals surface area contributed by atoms with Crippen LogP contribution in [0, 0.1) is 0 Å². The molecule has 2 heteroatoms. The lowest BCUT2D eigenvalue weighted by atomic mass is 10.1. The van der Waals surface area contributed by atoms with Gasteiger partial charge in [0, 0.05) is 18.9 Å². The Morgan fingerprint density at radius 1 is 1.36 bits per heavy atom. The number of nitrogens with two attached hydrogens (primary N) is 1. The zero-order valence-corrected chi connectivity index (χ0v) is 7.69. The molecule has 0 aliphatic heterocycles. The summed E-state index contributed by atoms with van der Waals surface area (Å²) in [5, 5.41) is 3.06. The minimum atomic E-state index is 1.09. The van der Waals surface area contributed by atoms with Crippen LogP contribution in [-0.2, 0) is 0 Å². The molecular formula is C9H20N2. The number of rotatable bonds is 6. The second kappa shape index (κ2) is 7.45. The summed E-state index contributed by atoms with van der Waals surface area (Å²) in [5.74, 6) is 0. The third-order valence-electron chi connectivity index (χ3n) is 1.82. The average Bonchev–Trinajstić information content (AvgIpc) is 2.05. The van der Waals surface area contributed by atoms with Crippen LogP contribution in [-0.4, -0.2) is 7.05 Å². The largest absolute Gasteiger partial charge is 0.403 e. The van der Waals surface area contributed by atoms with Crippen molar-refractivity contribution in [3.05, 3.63) is 11.9 Å². The standard InChI is InChI=1S/C9H20N2/c1-3-4-5-6-7-9(8-10)11-2/h8,11H,3-7,10H2,1-2H3/b9-8-. The van der Waals surface area contributed by atoms with Crippen molar-refractivity contribution in [1.82, 2.24) is 5.32 Å². The molecule has 0 aromatic heterocycles. The molecule has 66 valence electrons. The molecule has 11 heavy (non-hydrogen) atoms. The normalized spacial score (nSPS) is 11.6. The van der Waals surface area contributed by atoms with E-state index in [0.29, 0.717) is 0 Å². The summed E-state index contributed by atoms with van der Waals surface area (Å²) in [7, 11) is 1.92. The summed E-state index contributed by atoms with van der Waals surface area (Å²) in [4.78, 5) is 0. The van der Waals surface area contributed by atoms with Gasteiger partial charge in [0.1, 0.15) is 0 Å². The molecule has 0 heterocycles. The maximum Gasteiger partial charge on any atom is 0.0261 e. The van der Waals surface area contributed by atoms with E-state index in [1.165, 1.54) is 25.7 Å². The van der Waals surface area contributed by atoms with Gasteiger partial charge < -0.3 is 11.1 Å². The molecule has 2 nitrogen and oxygen atoms in total. The predicted octanol–water partition coefficient (Wildman–Crippen LogP) is 1.98. The maximum absolute atomic E-state index is 5.37. The van der Waals surface area contributed by atoms with Crippen molar-refractivity contribution < 1.29 is 0 Å². The van der Waals surface area contributed by atoms with Crippen LogP contribution in [0.15, 0.2) is 11.9 Å². The fourth-order valence-corrected chi connectivity index (χ4v) is 1.03. The molecule has 0 saturated heterocycles. The molecular weight excluding hydrogens is 136 g/mol. The lowest BCUT2D eigenvalue weighted by Gasteiger charge is -2.04. The van der Waals surface area contributed by atoms with E-state index in [1.54, 1.807) is 6.20 Å². The molecule has 0 fully saturated rings. The molecule has 0 bridgehead atoms. The molecule has 0 rings (SSSR count). The minimum absolute atomic E-state index is 1.09. The third-order valence-corrected chi connectivity index (χ3v) is 1.82. The van der Waals surface area contributed by atoms with Gasteiger partial charge in [-0.3, -0.25) is 0 Å². The SMILES string of the molecule is CCCCCC/C(=C/N)NC. The Morgan fingerprint density at radius 2 is 2.09 bits per heavy atom. The van der Waals surface area contributed by atoms with Crippen molar-refractivity contribution in [2.24, 2.45) is 5.73 Å². The molecule has 0 saturated carbocycles. The Kier molecular flexibility index (Phi) is 7.00. The van der Waals surface area contributed by atoms with Crippen LogP contribution in [0.3, 0.4) is 0 Å². The van der Waals surface area contributed by atoms with Crippen molar-refractivity contribution >= 4 is 0 Å². The van der Waals surface area contributed by atoms with Gasteiger partial charge in [0.05, 0.1) is 0 Å². The van der Waals surface area contributed by atoms with Gasteiger partial charge in [0.15, 0.2) is 0 Å². The first kappa shape index (κ1) is 10.3. The van der Waals surface area contributed by atoms with Crippen LogP contribution < -0.4 is 11.1 Å². The smallest absolute Gasteiger partial charge is 0.0261 e. The summed E-state index contributed by atoms with van der Waals surface area (Å²) >= 11 is 0. The van der Waals surface area contributed by atoms with E-state index < -0.39 is 0 Å². The number of hydrogen-bond donors (Lipinski definition) is 2. The van der Waals surface area contributed by atoms with Crippen molar-refractivity contribution in [1.29, 1.82) is 0 Å². The fraction of sp³-hybridized carbons (Fsp3) is 0.778. The van der Waals surface area contributed by atoms with E-state index in [4.69, 9.17) is 5.73 Å². The van der Waals surface area contributed by atoms with E-state index in [2.05, 4.69) is 12.2 Å². The highest BCUT2D eigenvalue weighted by atomic mass is 14.8. The summed E-state index contributed by atoms with van der Waals surface area (Å²) < 4.78 is 0. The first-order chi connectivity index (χ1) is 5.35. The molecule has 0 unspecified atom stereocenters. The Bertz CT molecular complexity index is 108. The molecule has 0 aliphatic carbocycles. The van der Waals surface area contributed by atoms with Gasteiger partial charge >= 0.3 is 0 Å². The first-order valence-corrected chi connectivity index (χ1v) is 4.43. The monoisotopic (exact) mass is 156 g/mol. The average molecular weight is 156 g/mol. The van der Waals surface area contributed by atoms with Crippen LogP contribution in [0.5, 0.6) is 0 Å². The lowest BCUT2D eigenvalue weighted by Crippen LogP contribution is -2.07. The molecule has 0 radical (unpaired) electrons. The van der Waals surface area contributed by atoms with Gasteiger partial charge in [-0.05, 0) is 12.8 Å². The second-order valence-electron chi connectivity index (χ2n) is 2.75. The van der Waals surface area contributed by atoms with Gasteiger partial charge in [-0.1, -0.05) is 26.2 Å². The van der Waals surface area contributed by atoms with Crippen LogP contribution in [0.2, 0.25) is 0 Å². The highest BCUT2D eigenvalue weighted by Crippen LogP contribution is 2.06. The van der Waals surface area contributed by atoms with Crippen LogP contribution in [0.1, 0.15) is 39.0 Å². The zero-order chi connectivity index (χ0) is 8.53. The number of nitrogens with one attached hydrogen (secondary N) is 1. The van der Waals surface area contributed by atoms with Gasteiger partial charge in [0.25, 0.3) is 0 Å². The van der Waals surface area contributed by atoms with Gasteiger partial charge in [-0.25, -0.2) is 0 Å². The molecule has 0 aromatic rings. The molecule has 0 amide bonds. The van der Waals surface area contributed by atoms with Crippen molar-refractivity contribution in [2.75, 3.05) is 7.05 Å². The van der Waals surface area contributed by atoms with E-state index in [-0.39, 0.29) is 0 Å².